The molecule has 0 N–H and O–H groups in total. The van der Waals surface area contributed by atoms with E-state index < -0.39 is 0 Å². The minimum atomic E-state index is 0.409. The van der Waals surface area contributed by atoms with E-state index in [1.807, 2.05) is 37.4 Å². The van der Waals surface area contributed by atoms with Gasteiger partial charge >= 0.3 is 0 Å². The van der Waals surface area contributed by atoms with Crippen molar-refractivity contribution in [3.05, 3.63) is 52.9 Å². The van der Waals surface area contributed by atoms with E-state index >= 15 is 0 Å². The molecule has 0 amide bonds. The van der Waals surface area contributed by atoms with E-state index in [1.165, 1.54) is 0 Å². The zero-order valence-corrected chi connectivity index (χ0v) is 13.0. The average Bonchev–Trinajstić information content (AvgIpc) is 3.10. The fourth-order valence-electron chi connectivity index (χ4n) is 2.70. The van der Waals surface area contributed by atoms with Gasteiger partial charge in [-0.15, -0.1) is 0 Å². The molecule has 4 rings (SSSR count). The van der Waals surface area contributed by atoms with Crippen LogP contribution in [0.2, 0.25) is 5.15 Å². The Labute approximate surface area is 136 Å². The maximum Gasteiger partial charge on any atom is 0.170 e. The summed E-state index contributed by atoms with van der Waals surface area (Å²) >= 11 is 6.32. The Bertz CT molecular complexity index is 1090. The summed E-state index contributed by atoms with van der Waals surface area (Å²) in [5, 5.41) is 20.0. The van der Waals surface area contributed by atoms with E-state index in [4.69, 9.17) is 11.6 Å². The van der Waals surface area contributed by atoms with Crippen LogP contribution in [0.15, 0.2) is 36.5 Å². The quantitative estimate of drug-likeness (QED) is 0.532. The smallest absolute Gasteiger partial charge is 0.170 e. The number of para-hydroxylation sites is 1. The van der Waals surface area contributed by atoms with Crippen LogP contribution in [0.25, 0.3) is 21.9 Å². The number of rotatable bonds is 2. The van der Waals surface area contributed by atoms with Gasteiger partial charge in [0.1, 0.15) is 11.2 Å². The second-order valence-corrected chi connectivity index (χ2v) is 5.61. The Balaban J connectivity index is 1.85. The molecule has 1 aromatic carbocycles. The molecule has 0 aliphatic carbocycles. The van der Waals surface area contributed by atoms with Crippen LogP contribution in [0, 0.1) is 11.3 Å². The number of fused-ring (bicyclic) bond motifs is 2. The van der Waals surface area contributed by atoms with Crippen molar-refractivity contribution in [3.8, 4) is 6.07 Å². The van der Waals surface area contributed by atoms with E-state index in [-0.39, 0.29) is 0 Å². The molecule has 0 aliphatic heterocycles. The number of aromatic nitrogens is 5. The molecule has 4 aromatic rings. The molecule has 0 saturated heterocycles. The lowest BCUT2D eigenvalue weighted by Crippen LogP contribution is -2.04. The molecule has 3 heterocycles. The number of benzene rings is 1. The predicted octanol–water partition coefficient (Wildman–Crippen LogP) is 2.89. The summed E-state index contributed by atoms with van der Waals surface area (Å²) in [6, 6.07) is 11.7. The summed E-state index contributed by atoms with van der Waals surface area (Å²) in [6.45, 7) is 0.443. The topological polar surface area (TPSA) is 72.3 Å². The van der Waals surface area contributed by atoms with Gasteiger partial charge in [-0.05, 0) is 18.2 Å². The molecule has 23 heavy (non-hydrogen) atoms. The summed E-state index contributed by atoms with van der Waals surface area (Å²) in [4.78, 5) is 4.40. The normalized spacial score (nSPS) is 11.2. The third-order valence-corrected chi connectivity index (χ3v) is 4.14. The lowest BCUT2D eigenvalue weighted by Gasteiger charge is -2.06. The van der Waals surface area contributed by atoms with Crippen LogP contribution in [0.5, 0.6) is 0 Å². The monoisotopic (exact) mass is 322 g/mol. The van der Waals surface area contributed by atoms with Crippen LogP contribution in [-0.2, 0) is 13.6 Å². The molecule has 0 atom stereocenters. The third kappa shape index (κ3) is 2.14. The van der Waals surface area contributed by atoms with Gasteiger partial charge in [-0.3, -0.25) is 9.36 Å². The first-order chi connectivity index (χ1) is 11.2. The van der Waals surface area contributed by atoms with E-state index in [2.05, 4.69) is 21.3 Å². The molecule has 0 spiro atoms. The van der Waals surface area contributed by atoms with Crippen molar-refractivity contribution >= 4 is 33.5 Å². The first kappa shape index (κ1) is 13.7. The van der Waals surface area contributed by atoms with Gasteiger partial charge in [0.25, 0.3) is 0 Å². The lowest BCUT2D eigenvalue weighted by atomic mass is 10.2. The molecule has 0 saturated carbocycles. The van der Waals surface area contributed by atoms with Crippen molar-refractivity contribution in [1.82, 2.24) is 24.5 Å². The number of hydrogen-bond donors (Lipinski definition) is 0. The average molecular weight is 323 g/mol. The second kappa shape index (κ2) is 5.07. The van der Waals surface area contributed by atoms with Gasteiger partial charge in [0.2, 0.25) is 0 Å². The Kier molecular flexibility index (Phi) is 3.03. The summed E-state index contributed by atoms with van der Waals surface area (Å²) in [7, 11) is 1.82. The minimum absolute atomic E-state index is 0.409. The number of halogens is 1. The van der Waals surface area contributed by atoms with Crippen LogP contribution < -0.4 is 0 Å². The first-order valence-electron chi connectivity index (χ1n) is 7.00. The van der Waals surface area contributed by atoms with Gasteiger partial charge in [-0.1, -0.05) is 23.7 Å². The van der Waals surface area contributed by atoms with Crippen LogP contribution in [0.3, 0.4) is 0 Å². The van der Waals surface area contributed by atoms with Crippen LogP contribution in [-0.4, -0.2) is 24.5 Å². The Hall–Kier alpha value is -2.91. The number of aryl methyl sites for hydroxylation is 1. The van der Waals surface area contributed by atoms with Crippen LogP contribution in [0.4, 0.5) is 0 Å². The highest BCUT2D eigenvalue weighted by Gasteiger charge is 2.13. The van der Waals surface area contributed by atoms with Crippen LogP contribution in [0.1, 0.15) is 11.3 Å². The summed E-state index contributed by atoms with van der Waals surface area (Å²) < 4.78 is 3.46. The minimum Gasteiger partial charge on any atom is -0.259 e. The molecular weight excluding hydrogens is 312 g/mol. The summed E-state index contributed by atoms with van der Waals surface area (Å²) in [5.74, 6) is 0. The van der Waals surface area contributed by atoms with Crippen molar-refractivity contribution in [2.24, 2.45) is 7.05 Å². The molecule has 3 aromatic heterocycles. The predicted molar refractivity (Wildman–Crippen MR) is 87.1 cm³/mol. The van der Waals surface area contributed by atoms with Gasteiger partial charge in [0.05, 0.1) is 18.3 Å². The Morgan fingerprint density at radius 3 is 2.96 bits per heavy atom. The highest BCUT2D eigenvalue weighted by molar-refractivity contribution is 6.30. The van der Waals surface area contributed by atoms with Crippen molar-refractivity contribution < 1.29 is 0 Å². The molecule has 0 radical (unpaired) electrons. The first-order valence-corrected chi connectivity index (χ1v) is 7.38. The lowest BCUT2D eigenvalue weighted by molar-refractivity contribution is 0.707. The Morgan fingerprint density at radius 2 is 2.13 bits per heavy atom. The van der Waals surface area contributed by atoms with Gasteiger partial charge in [-0.2, -0.15) is 15.5 Å². The summed E-state index contributed by atoms with van der Waals surface area (Å²) in [6.07, 6.45) is 1.75. The molecule has 0 bridgehead atoms. The van der Waals surface area contributed by atoms with Gasteiger partial charge in [0.15, 0.2) is 11.3 Å². The maximum absolute atomic E-state index is 9.24. The largest absolute Gasteiger partial charge is 0.259 e. The van der Waals surface area contributed by atoms with E-state index in [1.54, 1.807) is 15.6 Å². The number of nitriles is 1. The molecule has 0 aliphatic rings. The number of pyridine rings is 1. The van der Waals surface area contributed by atoms with Crippen molar-refractivity contribution in [2.75, 3.05) is 0 Å². The zero-order chi connectivity index (χ0) is 16.0. The van der Waals surface area contributed by atoms with E-state index in [0.717, 1.165) is 27.5 Å². The molecule has 7 heteroatoms. The zero-order valence-electron chi connectivity index (χ0n) is 12.2. The van der Waals surface area contributed by atoms with Crippen LogP contribution >= 0.6 is 11.6 Å². The number of hydrogen-bond acceptors (Lipinski definition) is 4. The van der Waals surface area contributed by atoms with Gasteiger partial charge in [-0.25, -0.2) is 4.98 Å². The maximum atomic E-state index is 9.24. The highest BCUT2D eigenvalue weighted by Crippen LogP contribution is 2.23. The van der Waals surface area contributed by atoms with Crippen molar-refractivity contribution in [2.45, 2.75) is 6.54 Å². The van der Waals surface area contributed by atoms with Crippen molar-refractivity contribution in [1.29, 1.82) is 5.26 Å². The SMILES string of the molecule is Cn1ncc2cc(Cn3nc(C#N)c4ccccc43)c(Cl)nc21. The molecule has 0 fully saturated rings. The fourth-order valence-corrected chi connectivity index (χ4v) is 2.90. The van der Waals surface area contributed by atoms with Crippen molar-refractivity contribution in [3.63, 3.8) is 0 Å². The Morgan fingerprint density at radius 1 is 1.30 bits per heavy atom. The fraction of sp³-hybridized carbons (Fsp3) is 0.125. The summed E-state index contributed by atoms with van der Waals surface area (Å²) in [5.41, 5.74) is 2.88. The molecule has 6 nitrogen and oxygen atoms in total. The van der Waals surface area contributed by atoms with E-state index in [0.29, 0.717) is 17.4 Å². The molecular formula is C16H11ClN6. The molecule has 112 valence electrons. The van der Waals surface area contributed by atoms with Gasteiger partial charge < -0.3 is 0 Å². The van der Waals surface area contributed by atoms with Gasteiger partial charge in [0, 0.05) is 23.4 Å². The highest BCUT2D eigenvalue weighted by atomic mass is 35.5. The third-order valence-electron chi connectivity index (χ3n) is 3.82. The van der Waals surface area contributed by atoms with E-state index in [9.17, 15) is 5.26 Å². The second-order valence-electron chi connectivity index (χ2n) is 5.25. The molecule has 0 unspecified atom stereocenters. The number of nitrogens with zero attached hydrogens (tertiary/aromatic N) is 6. The standard InChI is InChI=1S/C16H11ClN6/c1-22-16-10(8-19-22)6-11(15(17)20-16)9-23-14-5-3-2-4-12(14)13(7-18)21-23/h2-6,8H,9H2,1H3.